The Morgan fingerprint density at radius 3 is 2.16 bits per heavy atom. The first-order valence-corrected chi connectivity index (χ1v) is 6.58. The SMILES string of the molecule is Cc1cc(CO)cc(C)c1OCCc1ccccc1. The zero-order valence-electron chi connectivity index (χ0n) is 11.5. The zero-order chi connectivity index (χ0) is 13.7. The quantitative estimate of drug-likeness (QED) is 0.888. The number of aliphatic hydroxyl groups is 1. The van der Waals surface area contributed by atoms with Crippen LogP contribution in [0.3, 0.4) is 0 Å². The molecule has 0 spiro atoms. The van der Waals surface area contributed by atoms with Crippen LogP contribution in [-0.4, -0.2) is 11.7 Å². The summed E-state index contributed by atoms with van der Waals surface area (Å²) < 4.78 is 5.89. The summed E-state index contributed by atoms with van der Waals surface area (Å²) in [5, 5.41) is 9.16. The molecule has 0 aliphatic heterocycles. The zero-order valence-corrected chi connectivity index (χ0v) is 11.5. The molecule has 0 radical (unpaired) electrons. The average Bonchev–Trinajstić information content (AvgIpc) is 2.42. The number of hydrogen-bond donors (Lipinski definition) is 1. The van der Waals surface area contributed by atoms with Gasteiger partial charge in [0, 0.05) is 6.42 Å². The van der Waals surface area contributed by atoms with Crippen molar-refractivity contribution >= 4 is 0 Å². The van der Waals surface area contributed by atoms with Crippen LogP contribution in [0.2, 0.25) is 0 Å². The Balaban J connectivity index is 2.00. The van der Waals surface area contributed by atoms with E-state index in [0.717, 1.165) is 28.9 Å². The van der Waals surface area contributed by atoms with Crippen LogP contribution >= 0.6 is 0 Å². The fourth-order valence-corrected chi connectivity index (χ4v) is 2.27. The smallest absolute Gasteiger partial charge is 0.125 e. The maximum Gasteiger partial charge on any atom is 0.125 e. The fraction of sp³-hybridized carbons (Fsp3) is 0.294. The summed E-state index contributed by atoms with van der Waals surface area (Å²) in [6.07, 6.45) is 0.904. The molecule has 0 saturated carbocycles. The van der Waals surface area contributed by atoms with Crippen LogP contribution in [0, 0.1) is 13.8 Å². The third kappa shape index (κ3) is 3.58. The lowest BCUT2D eigenvalue weighted by Gasteiger charge is -2.13. The van der Waals surface area contributed by atoms with Crippen LogP contribution in [0.1, 0.15) is 22.3 Å². The van der Waals surface area contributed by atoms with Gasteiger partial charge in [0.05, 0.1) is 13.2 Å². The highest BCUT2D eigenvalue weighted by molar-refractivity contribution is 5.43. The highest BCUT2D eigenvalue weighted by Crippen LogP contribution is 2.25. The van der Waals surface area contributed by atoms with Crippen molar-refractivity contribution in [1.29, 1.82) is 0 Å². The molecular formula is C17H20O2. The molecule has 0 aromatic heterocycles. The second-order valence-corrected chi connectivity index (χ2v) is 4.80. The predicted molar refractivity (Wildman–Crippen MR) is 77.5 cm³/mol. The third-order valence-electron chi connectivity index (χ3n) is 3.18. The number of benzene rings is 2. The molecule has 0 bridgehead atoms. The van der Waals surface area contributed by atoms with Gasteiger partial charge >= 0.3 is 0 Å². The van der Waals surface area contributed by atoms with Crippen molar-refractivity contribution in [3.8, 4) is 5.75 Å². The molecular weight excluding hydrogens is 236 g/mol. The highest BCUT2D eigenvalue weighted by Gasteiger charge is 2.06. The van der Waals surface area contributed by atoms with E-state index in [9.17, 15) is 0 Å². The molecule has 0 aliphatic carbocycles. The van der Waals surface area contributed by atoms with Gasteiger partial charge in [0.25, 0.3) is 0 Å². The van der Waals surface area contributed by atoms with E-state index in [1.165, 1.54) is 5.56 Å². The molecule has 2 aromatic carbocycles. The van der Waals surface area contributed by atoms with Crippen molar-refractivity contribution in [3.05, 3.63) is 64.7 Å². The minimum absolute atomic E-state index is 0.0754. The van der Waals surface area contributed by atoms with Gasteiger partial charge in [0.15, 0.2) is 0 Å². The molecule has 19 heavy (non-hydrogen) atoms. The van der Waals surface area contributed by atoms with Crippen molar-refractivity contribution in [1.82, 2.24) is 0 Å². The number of aliphatic hydroxyl groups excluding tert-OH is 1. The summed E-state index contributed by atoms with van der Waals surface area (Å²) in [4.78, 5) is 0. The molecule has 2 rings (SSSR count). The number of aryl methyl sites for hydroxylation is 2. The van der Waals surface area contributed by atoms with Crippen LogP contribution in [0.4, 0.5) is 0 Å². The van der Waals surface area contributed by atoms with Gasteiger partial charge in [-0.1, -0.05) is 42.5 Å². The molecule has 100 valence electrons. The second-order valence-electron chi connectivity index (χ2n) is 4.80. The Bertz CT molecular complexity index is 509. The van der Waals surface area contributed by atoms with Gasteiger partial charge in [-0.2, -0.15) is 0 Å². The molecule has 1 N–H and O–H groups in total. The van der Waals surface area contributed by atoms with Crippen LogP contribution in [0.5, 0.6) is 5.75 Å². The fourth-order valence-electron chi connectivity index (χ4n) is 2.27. The molecule has 0 amide bonds. The summed E-state index contributed by atoms with van der Waals surface area (Å²) in [6, 6.07) is 14.3. The van der Waals surface area contributed by atoms with Gasteiger partial charge in [0.1, 0.15) is 5.75 Å². The van der Waals surface area contributed by atoms with E-state index in [1.54, 1.807) is 0 Å². The Morgan fingerprint density at radius 2 is 1.58 bits per heavy atom. The van der Waals surface area contributed by atoms with Gasteiger partial charge in [-0.05, 0) is 36.1 Å². The van der Waals surface area contributed by atoms with Crippen molar-refractivity contribution < 1.29 is 9.84 Å². The Hall–Kier alpha value is -1.80. The maximum absolute atomic E-state index is 9.16. The van der Waals surface area contributed by atoms with E-state index in [4.69, 9.17) is 9.84 Å². The minimum atomic E-state index is 0.0754. The first-order chi connectivity index (χ1) is 9.20. The van der Waals surface area contributed by atoms with E-state index in [-0.39, 0.29) is 6.61 Å². The average molecular weight is 256 g/mol. The predicted octanol–water partition coefficient (Wildman–Crippen LogP) is 3.42. The van der Waals surface area contributed by atoms with Crippen molar-refractivity contribution in [2.24, 2.45) is 0 Å². The molecule has 0 unspecified atom stereocenters. The second kappa shape index (κ2) is 6.39. The van der Waals surface area contributed by atoms with Gasteiger partial charge < -0.3 is 9.84 Å². The van der Waals surface area contributed by atoms with E-state index < -0.39 is 0 Å². The monoisotopic (exact) mass is 256 g/mol. The minimum Gasteiger partial charge on any atom is -0.493 e. The van der Waals surface area contributed by atoms with Crippen molar-refractivity contribution in [2.45, 2.75) is 26.9 Å². The van der Waals surface area contributed by atoms with Crippen LogP contribution in [0.15, 0.2) is 42.5 Å². The van der Waals surface area contributed by atoms with Crippen molar-refractivity contribution in [3.63, 3.8) is 0 Å². The van der Waals surface area contributed by atoms with E-state index in [0.29, 0.717) is 6.61 Å². The molecule has 2 aromatic rings. The highest BCUT2D eigenvalue weighted by atomic mass is 16.5. The topological polar surface area (TPSA) is 29.5 Å². The molecule has 0 aliphatic rings. The van der Waals surface area contributed by atoms with Crippen LogP contribution in [0.25, 0.3) is 0 Å². The molecule has 2 heteroatoms. The van der Waals surface area contributed by atoms with E-state index in [2.05, 4.69) is 12.1 Å². The lowest BCUT2D eigenvalue weighted by molar-refractivity contribution is 0.280. The van der Waals surface area contributed by atoms with Gasteiger partial charge in [-0.25, -0.2) is 0 Å². The molecule has 0 heterocycles. The number of rotatable bonds is 5. The van der Waals surface area contributed by atoms with Gasteiger partial charge in [-0.15, -0.1) is 0 Å². The van der Waals surface area contributed by atoms with Crippen molar-refractivity contribution in [2.75, 3.05) is 6.61 Å². The standard InChI is InChI=1S/C17H20O2/c1-13-10-16(12-18)11-14(2)17(13)19-9-8-15-6-4-3-5-7-15/h3-7,10-11,18H,8-9,12H2,1-2H3. The summed E-state index contributed by atoms with van der Waals surface area (Å²) in [6.45, 7) is 4.78. The van der Waals surface area contributed by atoms with Crippen LogP contribution in [-0.2, 0) is 13.0 Å². The summed E-state index contributed by atoms with van der Waals surface area (Å²) in [5.41, 5.74) is 4.38. The lowest BCUT2D eigenvalue weighted by Crippen LogP contribution is -2.04. The summed E-state index contributed by atoms with van der Waals surface area (Å²) >= 11 is 0. The first kappa shape index (κ1) is 13.6. The van der Waals surface area contributed by atoms with Crippen LogP contribution < -0.4 is 4.74 Å². The largest absolute Gasteiger partial charge is 0.493 e. The molecule has 0 saturated heterocycles. The third-order valence-corrected chi connectivity index (χ3v) is 3.18. The maximum atomic E-state index is 9.16. The number of hydrogen-bond acceptors (Lipinski definition) is 2. The number of ether oxygens (including phenoxy) is 1. The van der Waals surface area contributed by atoms with E-state index >= 15 is 0 Å². The Labute approximate surface area is 114 Å². The summed E-state index contributed by atoms with van der Waals surface area (Å²) in [5.74, 6) is 0.938. The van der Waals surface area contributed by atoms with Gasteiger partial charge in [-0.3, -0.25) is 0 Å². The molecule has 0 atom stereocenters. The Morgan fingerprint density at radius 1 is 0.947 bits per heavy atom. The molecule has 2 nitrogen and oxygen atoms in total. The first-order valence-electron chi connectivity index (χ1n) is 6.58. The lowest BCUT2D eigenvalue weighted by atomic mass is 10.1. The normalized spacial score (nSPS) is 10.5. The Kier molecular flexibility index (Phi) is 4.58. The summed E-state index contributed by atoms with van der Waals surface area (Å²) in [7, 11) is 0. The van der Waals surface area contributed by atoms with Gasteiger partial charge in [0.2, 0.25) is 0 Å². The van der Waals surface area contributed by atoms with E-state index in [1.807, 2.05) is 44.2 Å². The molecule has 0 fully saturated rings.